The average Bonchev–Trinajstić information content (AvgIpc) is 2.93. The van der Waals surface area contributed by atoms with Crippen LogP contribution in [0, 0.1) is 12.8 Å². The van der Waals surface area contributed by atoms with Crippen molar-refractivity contribution in [3.05, 3.63) is 65.5 Å². The number of hydrogen-bond donors (Lipinski definition) is 1. The zero-order valence-electron chi connectivity index (χ0n) is 15.1. The summed E-state index contributed by atoms with van der Waals surface area (Å²) in [5.74, 6) is 0.549. The van der Waals surface area contributed by atoms with E-state index in [1.54, 1.807) is 0 Å². The van der Waals surface area contributed by atoms with Crippen molar-refractivity contribution in [3.63, 3.8) is 0 Å². The second-order valence-corrected chi connectivity index (χ2v) is 6.90. The van der Waals surface area contributed by atoms with Crippen LogP contribution in [-0.4, -0.2) is 22.0 Å². The zero-order chi connectivity index (χ0) is 17.8. The van der Waals surface area contributed by atoms with Gasteiger partial charge in [0.15, 0.2) is 0 Å². The average molecular weight is 335 g/mol. The molecule has 25 heavy (non-hydrogen) atoms. The molecular formula is C21H25N3O. The molecule has 0 spiro atoms. The van der Waals surface area contributed by atoms with Crippen LogP contribution >= 0.6 is 0 Å². The van der Waals surface area contributed by atoms with Crippen LogP contribution in [0.4, 0.5) is 0 Å². The Morgan fingerprint density at radius 1 is 1.20 bits per heavy atom. The molecule has 1 N–H and O–H groups in total. The van der Waals surface area contributed by atoms with Gasteiger partial charge in [0.1, 0.15) is 5.65 Å². The highest BCUT2D eigenvalue weighted by Crippen LogP contribution is 2.21. The van der Waals surface area contributed by atoms with Gasteiger partial charge in [-0.1, -0.05) is 32.0 Å². The minimum Gasteiger partial charge on any atom is -0.352 e. The summed E-state index contributed by atoms with van der Waals surface area (Å²) in [5.41, 5.74) is 3.99. The van der Waals surface area contributed by atoms with Gasteiger partial charge >= 0.3 is 0 Å². The van der Waals surface area contributed by atoms with Crippen LogP contribution in [0.1, 0.15) is 35.3 Å². The maximum Gasteiger partial charge on any atom is 0.251 e. The Kier molecular flexibility index (Phi) is 5.17. The van der Waals surface area contributed by atoms with E-state index in [0.717, 1.165) is 29.7 Å². The van der Waals surface area contributed by atoms with Gasteiger partial charge in [0.25, 0.3) is 5.91 Å². The van der Waals surface area contributed by atoms with Gasteiger partial charge in [-0.25, -0.2) is 4.98 Å². The topological polar surface area (TPSA) is 46.9 Å². The molecule has 0 bridgehead atoms. The summed E-state index contributed by atoms with van der Waals surface area (Å²) < 4.78 is 2.22. The lowest BCUT2D eigenvalue weighted by atomic mass is 10.1. The van der Waals surface area contributed by atoms with Gasteiger partial charge in [0.05, 0.1) is 0 Å². The number of hydrogen-bond acceptors (Lipinski definition) is 2. The molecule has 0 radical (unpaired) electrons. The third kappa shape index (κ3) is 3.90. The number of fused-ring (bicyclic) bond motifs is 1. The summed E-state index contributed by atoms with van der Waals surface area (Å²) in [6.45, 7) is 7.93. The van der Waals surface area contributed by atoms with Crippen molar-refractivity contribution in [3.8, 4) is 0 Å². The molecule has 3 aromatic rings. The van der Waals surface area contributed by atoms with E-state index >= 15 is 0 Å². The first-order valence-corrected chi connectivity index (χ1v) is 8.83. The first-order valence-electron chi connectivity index (χ1n) is 8.83. The van der Waals surface area contributed by atoms with Crippen molar-refractivity contribution in [2.24, 2.45) is 5.92 Å². The molecule has 0 unspecified atom stereocenters. The van der Waals surface area contributed by atoms with Crippen molar-refractivity contribution < 1.29 is 4.79 Å². The van der Waals surface area contributed by atoms with E-state index in [4.69, 9.17) is 0 Å². The molecule has 0 saturated carbocycles. The minimum atomic E-state index is -0.0119. The number of carbonyl (C=O) groups excluding carboxylic acids is 1. The Morgan fingerprint density at radius 2 is 2.00 bits per heavy atom. The molecule has 4 heteroatoms. The van der Waals surface area contributed by atoms with Crippen molar-refractivity contribution >= 4 is 16.9 Å². The molecule has 2 heterocycles. The van der Waals surface area contributed by atoms with E-state index in [9.17, 15) is 4.79 Å². The number of rotatable bonds is 6. The van der Waals surface area contributed by atoms with Gasteiger partial charge in [-0.05, 0) is 48.6 Å². The van der Waals surface area contributed by atoms with Crippen molar-refractivity contribution in [1.82, 2.24) is 14.9 Å². The molecule has 1 amide bonds. The number of amides is 1. The fourth-order valence-corrected chi connectivity index (χ4v) is 3.16. The second kappa shape index (κ2) is 7.51. The standard InChI is InChI=1S/C21H25N3O/c1-15(2)13-24-14-17(19-9-6-11-22-20(19)24)10-12-23-21(25)18-8-5-4-7-16(18)3/h4-9,11,14-15H,10,12-13H2,1-3H3,(H,23,25). The van der Waals surface area contributed by atoms with Crippen LogP contribution in [-0.2, 0) is 13.0 Å². The number of carbonyl (C=O) groups is 1. The Morgan fingerprint density at radius 3 is 2.76 bits per heavy atom. The summed E-state index contributed by atoms with van der Waals surface area (Å²) in [5, 5.41) is 4.21. The molecule has 130 valence electrons. The highest BCUT2D eigenvalue weighted by atomic mass is 16.1. The normalized spacial score (nSPS) is 11.2. The van der Waals surface area contributed by atoms with Crippen LogP contribution in [0.5, 0.6) is 0 Å². The highest BCUT2D eigenvalue weighted by Gasteiger charge is 2.12. The molecule has 0 aliphatic rings. The molecule has 3 rings (SSSR count). The molecule has 0 atom stereocenters. The van der Waals surface area contributed by atoms with Gasteiger partial charge in [-0.3, -0.25) is 4.79 Å². The third-order valence-electron chi connectivity index (χ3n) is 4.35. The summed E-state index contributed by atoms with van der Waals surface area (Å²) >= 11 is 0. The fraction of sp³-hybridized carbons (Fsp3) is 0.333. The maximum atomic E-state index is 12.3. The van der Waals surface area contributed by atoms with E-state index in [1.807, 2.05) is 43.5 Å². The lowest BCUT2D eigenvalue weighted by molar-refractivity contribution is 0.0953. The number of benzene rings is 1. The molecule has 1 aromatic carbocycles. The SMILES string of the molecule is Cc1ccccc1C(=O)NCCc1cn(CC(C)C)c2ncccc12. The molecule has 0 aliphatic carbocycles. The number of aromatic nitrogens is 2. The lowest BCUT2D eigenvalue weighted by Gasteiger charge is -2.07. The first-order chi connectivity index (χ1) is 12.1. The molecular weight excluding hydrogens is 310 g/mol. The van der Waals surface area contributed by atoms with Crippen molar-refractivity contribution in [2.75, 3.05) is 6.54 Å². The monoisotopic (exact) mass is 335 g/mol. The number of nitrogens with zero attached hydrogens (tertiary/aromatic N) is 2. The fourth-order valence-electron chi connectivity index (χ4n) is 3.16. The maximum absolute atomic E-state index is 12.3. The largest absolute Gasteiger partial charge is 0.352 e. The summed E-state index contributed by atoms with van der Waals surface area (Å²) in [4.78, 5) is 16.9. The Labute approximate surface area is 148 Å². The lowest BCUT2D eigenvalue weighted by Crippen LogP contribution is -2.26. The number of aryl methyl sites for hydroxylation is 1. The zero-order valence-corrected chi connectivity index (χ0v) is 15.1. The molecule has 4 nitrogen and oxygen atoms in total. The molecule has 0 aliphatic heterocycles. The van der Waals surface area contributed by atoms with Crippen LogP contribution in [0.2, 0.25) is 0 Å². The smallest absolute Gasteiger partial charge is 0.251 e. The van der Waals surface area contributed by atoms with Gasteiger partial charge in [0.2, 0.25) is 0 Å². The summed E-state index contributed by atoms with van der Waals surface area (Å²) in [7, 11) is 0. The van der Waals surface area contributed by atoms with E-state index in [1.165, 1.54) is 10.9 Å². The van der Waals surface area contributed by atoms with Crippen LogP contribution in [0.3, 0.4) is 0 Å². The van der Waals surface area contributed by atoms with Crippen molar-refractivity contribution in [1.29, 1.82) is 0 Å². The van der Waals surface area contributed by atoms with E-state index in [2.05, 4.69) is 41.0 Å². The third-order valence-corrected chi connectivity index (χ3v) is 4.35. The Hall–Kier alpha value is -2.62. The highest BCUT2D eigenvalue weighted by molar-refractivity contribution is 5.95. The molecule has 2 aromatic heterocycles. The summed E-state index contributed by atoms with van der Waals surface area (Å²) in [6.07, 6.45) is 4.81. The first kappa shape index (κ1) is 17.2. The number of nitrogens with one attached hydrogen (secondary N) is 1. The van der Waals surface area contributed by atoms with Crippen LogP contribution in [0.25, 0.3) is 11.0 Å². The molecule has 0 saturated heterocycles. The number of pyridine rings is 1. The Balaban J connectivity index is 1.71. The minimum absolute atomic E-state index is 0.0119. The van der Waals surface area contributed by atoms with Gasteiger partial charge in [-0.2, -0.15) is 0 Å². The summed E-state index contributed by atoms with van der Waals surface area (Å²) in [6, 6.07) is 11.7. The second-order valence-electron chi connectivity index (χ2n) is 6.90. The van der Waals surface area contributed by atoms with E-state index in [-0.39, 0.29) is 5.91 Å². The van der Waals surface area contributed by atoms with Gasteiger partial charge in [-0.15, -0.1) is 0 Å². The quantitative estimate of drug-likeness (QED) is 0.741. The van der Waals surface area contributed by atoms with Crippen molar-refractivity contribution in [2.45, 2.75) is 33.7 Å². The van der Waals surface area contributed by atoms with Gasteiger partial charge in [0, 0.05) is 36.4 Å². The van der Waals surface area contributed by atoms with E-state index in [0.29, 0.717) is 12.5 Å². The predicted molar refractivity (Wildman–Crippen MR) is 102 cm³/mol. The predicted octanol–water partition coefficient (Wildman–Crippen LogP) is 3.97. The van der Waals surface area contributed by atoms with Crippen LogP contribution in [0.15, 0.2) is 48.8 Å². The van der Waals surface area contributed by atoms with E-state index < -0.39 is 0 Å². The molecule has 0 fully saturated rings. The van der Waals surface area contributed by atoms with Crippen LogP contribution < -0.4 is 5.32 Å². The van der Waals surface area contributed by atoms with Gasteiger partial charge < -0.3 is 9.88 Å². The Bertz CT molecular complexity index is 880.